The van der Waals surface area contributed by atoms with Gasteiger partial charge in [-0.2, -0.15) is 5.26 Å². The van der Waals surface area contributed by atoms with Gasteiger partial charge in [0.25, 0.3) is 0 Å². The molecular formula is C14H18N4. The van der Waals surface area contributed by atoms with Crippen molar-refractivity contribution < 1.29 is 0 Å². The number of fused-ring (bicyclic) bond motifs is 1. The normalized spacial score (nSPS) is 29.1. The van der Waals surface area contributed by atoms with Crippen LogP contribution in [0.1, 0.15) is 19.4 Å². The summed E-state index contributed by atoms with van der Waals surface area (Å²) in [5, 5.41) is 12.7. The summed E-state index contributed by atoms with van der Waals surface area (Å²) in [6.45, 7) is 7.68. The molecule has 0 aromatic carbocycles. The molecule has 4 nitrogen and oxygen atoms in total. The van der Waals surface area contributed by atoms with Crippen LogP contribution in [0.2, 0.25) is 0 Å². The van der Waals surface area contributed by atoms with Crippen LogP contribution in [0.3, 0.4) is 0 Å². The zero-order valence-corrected chi connectivity index (χ0v) is 10.8. The second-order valence-electron chi connectivity index (χ2n) is 5.78. The molecule has 94 valence electrons. The lowest BCUT2D eigenvalue weighted by Crippen LogP contribution is -2.45. The summed E-state index contributed by atoms with van der Waals surface area (Å²) in [6, 6.07) is 5.93. The number of nitrogens with one attached hydrogen (secondary N) is 1. The lowest BCUT2D eigenvalue weighted by Gasteiger charge is -2.36. The van der Waals surface area contributed by atoms with E-state index in [1.807, 2.05) is 12.1 Å². The number of aromatic nitrogens is 1. The first-order valence-corrected chi connectivity index (χ1v) is 6.48. The van der Waals surface area contributed by atoms with Gasteiger partial charge in [-0.25, -0.2) is 4.98 Å². The fourth-order valence-electron chi connectivity index (χ4n) is 3.48. The average Bonchev–Trinajstić information content (AvgIpc) is 2.92. The fourth-order valence-corrected chi connectivity index (χ4v) is 3.48. The van der Waals surface area contributed by atoms with E-state index in [1.54, 1.807) is 6.20 Å². The molecule has 1 aromatic heterocycles. The first kappa shape index (κ1) is 11.5. The van der Waals surface area contributed by atoms with Crippen molar-refractivity contribution in [3.05, 3.63) is 23.9 Å². The highest BCUT2D eigenvalue weighted by Gasteiger charge is 2.50. The number of anilines is 1. The van der Waals surface area contributed by atoms with E-state index in [-0.39, 0.29) is 5.54 Å². The summed E-state index contributed by atoms with van der Waals surface area (Å²) in [7, 11) is 0. The van der Waals surface area contributed by atoms with Gasteiger partial charge in [-0.15, -0.1) is 0 Å². The van der Waals surface area contributed by atoms with Gasteiger partial charge in [-0.3, -0.25) is 0 Å². The molecule has 2 saturated heterocycles. The maximum Gasteiger partial charge on any atom is 0.146 e. The van der Waals surface area contributed by atoms with Crippen LogP contribution in [0.4, 0.5) is 5.82 Å². The summed E-state index contributed by atoms with van der Waals surface area (Å²) in [5.74, 6) is 2.17. The standard InChI is InChI=1S/C14H18N4/c1-14(2)12-8-16-7-11(12)9-18(14)13-10(6-15)4-3-5-17-13/h3-5,11-12,16H,7-9H2,1-2H3. The molecule has 4 heteroatoms. The molecule has 2 aliphatic heterocycles. The minimum Gasteiger partial charge on any atom is -0.350 e. The molecule has 3 heterocycles. The maximum atomic E-state index is 9.22. The molecule has 0 radical (unpaired) electrons. The number of rotatable bonds is 1. The van der Waals surface area contributed by atoms with E-state index in [2.05, 4.69) is 35.1 Å². The van der Waals surface area contributed by atoms with Crippen LogP contribution < -0.4 is 10.2 Å². The van der Waals surface area contributed by atoms with E-state index >= 15 is 0 Å². The highest BCUT2D eigenvalue weighted by atomic mass is 15.3. The van der Waals surface area contributed by atoms with E-state index in [1.165, 1.54) is 0 Å². The van der Waals surface area contributed by atoms with Gasteiger partial charge in [-0.05, 0) is 37.8 Å². The second kappa shape index (κ2) is 3.96. The Morgan fingerprint density at radius 3 is 3.06 bits per heavy atom. The Kier molecular flexibility index (Phi) is 2.53. The molecule has 2 fully saturated rings. The van der Waals surface area contributed by atoms with E-state index in [0.717, 1.165) is 25.5 Å². The van der Waals surface area contributed by atoms with Crippen molar-refractivity contribution in [1.29, 1.82) is 5.26 Å². The van der Waals surface area contributed by atoms with Gasteiger partial charge in [0, 0.05) is 31.4 Å². The van der Waals surface area contributed by atoms with Crippen molar-refractivity contribution >= 4 is 5.82 Å². The van der Waals surface area contributed by atoms with Gasteiger partial charge in [0.2, 0.25) is 0 Å². The Morgan fingerprint density at radius 1 is 1.50 bits per heavy atom. The highest BCUT2D eigenvalue weighted by molar-refractivity contribution is 5.56. The molecule has 3 rings (SSSR count). The minimum atomic E-state index is 0.0636. The summed E-state index contributed by atoms with van der Waals surface area (Å²) in [5.41, 5.74) is 0.743. The van der Waals surface area contributed by atoms with Crippen molar-refractivity contribution in [2.45, 2.75) is 19.4 Å². The predicted molar refractivity (Wildman–Crippen MR) is 70.2 cm³/mol. The molecule has 0 spiro atoms. The Bertz CT molecular complexity index is 503. The van der Waals surface area contributed by atoms with Crippen LogP contribution >= 0.6 is 0 Å². The topological polar surface area (TPSA) is 52.0 Å². The van der Waals surface area contributed by atoms with Crippen LogP contribution in [-0.2, 0) is 0 Å². The molecule has 1 N–H and O–H groups in total. The number of nitriles is 1. The summed E-state index contributed by atoms with van der Waals surface area (Å²) < 4.78 is 0. The maximum absolute atomic E-state index is 9.22. The van der Waals surface area contributed by atoms with Crippen molar-refractivity contribution in [3.8, 4) is 6.07 Å². The Morgan fingerprint density at radius 2 is 2.33 bits per heavy atom. The number of pyridine rings is 1. The monoisotopic (exact) mass is 242 g/mol. The van der Waals surface area contributed by atoms with Crippen LogP contribution in [0, 0.1) is 23.2 Å². The zero-order chi connectivity index (χ0) is 12.8. The smallest absolute Gasteiger partial charge is 0.146 e. The molecule has 0 aliphatic carbocycles. The lowest BCUT2D eigenvalue weighted by atomic mass is 9.85. The molecule has 2 atom stereocenters. The van der Waals surface area contributed by atoms with Crippen LogP contribution in [-0.4, -0.2) is 30.2 Å². The molecule has 0 bridgehead atoms. The molecule has 0 amide bonds. The van der Waals surface area contributed by atoms with Crippen molar-refractivity contribution in [2.75, 3.05) is 24.5 Å². The zero-order valence-electron chi connectivity index (χ0n) is 10.8. The molecular weight excluding hydrogens is 224 g/mol. The van der Waals surface area contributed by atoms with Crippen molar-refractivity contribution in [3.63, 3.8) is 0 Å². The van der Waals surface area contributed by atoms with Crippen LogP contribution in [0.5, 0.6) is 0 Å². The van der Waals surface area contributed by atoms with Gasteiger partial charge >= 0.3 is 0 Å². The second-order valence-corrected chi connectivity index (χ2v) is 5.78. The first-order valence-electron chi connectivity index (χ1n) is 6.48. The van der Waals surface area contributed by atoms with Gasteiger partial charge in [0.1, 0.15) is 11.9 Å². The Balaban J connectivity index is 2.01. The number of nitrogens with zero attached hydrogens (tertiary/aromatic N) is 3. The third kappa shape index (κ3) is 1.51. The van der Waals surface area contributed by atoms with Gasteiger partial charge in [-0.1, -0.05) is 0 Å². The van der Waals surface area contributed by atoms with Gasteiger partial charge < -0.3 is 10.2 Å². The van der Waals surface area contributed by atoms with Crippen LogP contribution in [0.15, 0.2) is 18.3 Å². The molecule has 1 aromatic rings. The Hall–Kier alpha value is -1.60. The largest absolute Gasteiger partial charge is 0.350 e. The van der Waals surface area contributed by atoms with Crippen molar-refractivity contribution in [1.82, 2.24) is 10.3 Å². The lowest BCUT2D eigenvalue weighted by molar-refractivity contribution is 0.356. The fraction of sp³-hybridized carbons (Fsp3) is 0.571. The Labute approximate surface area is 108 Å². The molecule has 2 unspecified atom stereocenters. The highest BCUT2D eigenvalue weighted by Crippen LogP contribution is 2.43. The van der Waals surface area contributed by atoms with E-state index in [4.69, 9.17) is 0 Å². The predicted octanol–water partition coefficient (Wildman–Crippen LogP) is 1.39. The van der Waals surface area contributed by atoms with Crippen molar-refractivity contribution in [2.24, 2.45) is 11.8 Å². The summed E-state index contributed by atoms with van der Waals surface area (Å²) >= 11 is 0. The van der Waals surface area contributed by atoms with Gasteiger partial charge in [0.15, 0.2) is 0 Å². The van der Waals surface area contributed by atoms with Crippen LogP contribution in [0.25, 0.3) is 0 Å². The summed E-state index contributed by atoms with van der Waals surface area (Å²) in [6.07, 6.45) is 1.78. The van der Waals surface area contributed by atoms with E-state index in [0.29, 0.717) is 17.4 Å². The SMILES string of the molecule is CC1(C)C2CNCC2CN1c1ncccc1C#N. The third-order valence-corrected chi connectivity index (χ3v) is 4.52. The quantitative estimate of drug-likeness (QED) is 0.808. The third-order valence-electron chi connectivity index (χ3n) is 4.52. The number of hydrogen-bond donors (Lipinski definition) is 1. The first-order chi connectivity index (χ1) is 8.64. The van der Waals surface area contributed by atoms with E-state index < -0.39 is 0 Å². The molecule has 18 heavy (non-hydrogen) atoms. The minimum absolute atomic E-state index is 0.0636. The summed E-state index contributed by atoms with van der Waals surface area (Å²) in [4.78, 5) is 6.76. The van der Waals surface area contributed by atoms with Gasteiger partial charge in [0.05, 0.1) is 5.56 Å². The number of hydrogen-bond acceptors (Lipinski definition) is 4. The molecule has 0 saturated carbocycles. The average molecular weight is 242 g/mol. The van der Waals surface area contributed by atoms with E-state index in [9.17, 15) is 5.26 Å². The molecule has 2 aliphatic rings.